The van der Waals surface area contributed by atoms with Crippen LogP contribution >= 0.6 is 0 Å². The molecule has 1 heterocycles. The molecule has 1 saturated heterocycles. The summed E-state index contributed by atoms with van der Waals surface area (Å²) in [4.78, 5) is 0. The van der Waals surface area contributed by atoms with Gasteiger partial charge >= 0.3 is 0 Å². The Bertz CT molecular complexity index is 590. The summed E-state index contributed by atoms with van der Waals surface area (Å²) >= 11 is 0. The van der Waals surface area contributed by atoms with Crippen molar-refractivity contribution in [1.82, 2.24) is 0 Å². The molecule has 5 atom stereocenters. The summed E-state index contributed by atoms with van der Waals surface area (Å²) < 4.78 is 24.3. The number of ether oxygens (including phenoxy) is 3. The summed E-state index contributed by atoms with van der Waals surface area (Å²) in [5.74, 6) is 0.189. The van der Waals surface area contributed by atoms with Gasteiger partial charge < -0.3 is 18.6 Å². The molecular weight excluding hydrogens is 392 g/mol. The van der Waals surface area contributed by atoms with E-state index in [0.717, 1.165) is 12.8 Å². The molecule has 2 rings (SSSR count). The number of fused-ring (bicyclic) bond motifs is 1. The molecule has 0 aromatic rings. The summed E-state index contributed by atoms with van der Waals surface area (Å²) in [6.45, 7) is 17.8. The molecule has 2 unspecified atom stereocenters. The third-order valence-electron chi connectivity index (χ3n) is 7.01. The molecule has 0 bridgehead atoms. The van der Waals surface area contributed by atoms with Crippen LogP contribution in [0.3, 0.4) is 0 Å². The predicted octanol–water partition coefficient (Wildman–Crippen LogP) is 6.83. The van der Waals surface area contributed by atoms with Crippen LogP contribution in [0.15, 0.2) is 24.3 Å². The zero-order chi connectivity index (χ0) is 22.6. The van der Waals surface area contributed by atoms with Crippen molar-refractivity contribution < 1.29 is 18.6 Å². The molecule has 1 aliphatic carbocycles. The van der Waals surface area contributed by atoms with Crippen LogP contribution in [0.2, 0.25) is 18.1 Å². The third-order valence-corrected chi connectivity index (χ3v) is 11.5. The molecule has 0 spiro atoms. The van der Waals surface area contributed by atoms with Crippen molar-refractivity contribution >= 4 is 8.32 Å². The van der Waals surface area contributed by atoms with E-state index >= 15 is 0 Å². The van der Waals surface area contributed by atoms with Crippen LogP contribution in [-0.2, 0) is 18.6 Å². The van der Waals surface area contributed by atoms with Gasteiger partial charge in [-0.15, -0.1) is 0 Å². The van der Waals surface area contributed by atoms with Crippen LogP contribution in [0.5, 0.6) is 0 Å². The Balaban J connectivity index is 2.01. The van der Waals surface area contributed by atoms with Gasteiger partial charge in [-0.1, -0.05) is 71.3 Å². The Morgan fingerprint density at radius 3 is 2.43 bits per heavy atom. The third kappa shape index (κ3) is 7.03. The second kappa shape index (κ2) is 10.4. The van der Waals surface area contributed by atoms with E-state index in [1.165, 1.54) is 19.3 Å². The maximum atomic E-state index is 6.78. The van der Waals surface area contributed by atoms with Gasteiger partial charge in [0.25, 0.3) is 0 Å². The minimum atomic E-state index is -1.80. The Morgan fingerprint density at radius 1 is 1.13 bits per heavy atom. The van der Waals surface area contributed by atoms with Gasteiger partial charge in [0, 0.05) is 25.4 Å². The lowest BCUT2D eigenvalue weighted by Crippen LogP contribution is -2.43. The Morgan fingerprint density at radius 2 is 1.83 bits per heavy atom. The van der Waals surface area contributed by atoms with E-state index in [9.17, 15) is 0 Å². The fourth-order valence-electron chi connectivity index (χ4n) is 3.88. The van der Waals surface area contributed by atoms with Gasteiger partial charge in [-0.3, -0.25) is 0 Å². The predicted molar refractivity (Wildman–Crippen MR) is 127 cm³/mol. The van der Waals surface area contributed by atoms with E-state index in [-0.39, 0.29) is 23.5 Å². The number of methoxy groups -OCH3 is 1. The van der Waals surface area contributed by atoms with E-state index in [4.69, 9.17) is 18.6 Å². The highest BCUT2D eigenvalue weighted by molar-refractivity contribution is 6.74. The van der Waals surface area contributed by atoms with Gasteiger partial charge in [-0.05, 0) is 38.4 Å². The molecule has 0 aromatic carbocycles. The molecule has 5 heteroatoms. The van der Waals surface area contributed by atoms with Crippen LogP contribution < -0.4 is 0 Å². The van der Waals surface area contributed by atoms with Crippen LogP contribution in [0.1, 0.15) is 73.6 Å². The highest BCUT2D eigenvalue weighted by Crippen LogP contribution is 2.41. The SMILES string of the molecule is CCCCCC(/C=C/[C@@H]1C=C[C@@H]2OC(OC(C)(C)OC)C[C@@H]21)O[Si](C)(C)C(C)(C)C. The fraction of sp³-hybridized carbons (Fsp3) is 0.840. The molecule has 0 N–H and O–H groups in total. The first-order chi connectivity index (χ1) is 13.9. The number of hydrogen-bond acceptors (Lipinski definition) is 4. The van der Waals surface area contributed by atoms with Gasteiger partial charge in [-0.2, -0.15) is 0 Å². The molecule has 0 aromatic heterocycles. The van der Waals surface area contributed by atoms with E-state index < -0.39 is 14.1 Å². The highest BCUT2D eigenvalue weighted by Gasteiger charge is 2.43. The fourth-order valence-corrected chi connectivity index (χ4v) is 5.18. The zero-order valence-corrected chi connectivity index (χ0v) is 21.9. The maximum absolute atomic E-state index is 6.78. The molecule has 0 amide bonds. The van der Waals surface area contributed by atoms with Crippen molar-refractivity contribution in [2.45, 2.75) is 116 Å². The normalized spacial score (nSPS) is 28.4. The van der Waals surface area contributed by atoms with Crippen molar-refractivity contribution in [2.24, 2.45) is 11.8 Å². The van der Waals surface area contributed by atoms with Crippen LogP contribution in [-0.4, -0.2) is 39.7 Å². The minimum Gasteiger partial charge on any atom is -0.411 e. The minimum absolute atomic E-state index is 0.136. The van der Waals surface area contributed by atoms with Crippen molar-refractivity contribution in [3.63, 3.8) is 0 Å². The smallest absolute Gasteiger partial charge is 0.192 e. The monoisotopic (exact) mass is 438 g/mol. The molecule has 0 radical (unpaired) electrons. The lowest BCUT2D eigenvalue weighted by molar-refractivity contribution is -0.277. The maximum Gasteiger partial charge on any atom is 0.192 e. The molecule has 174 valence electrons. The van der Waals surface area contributed by atoms with Crippen molar-refractivity contribution in [2.75, 3.05) is 7.11 Å². The topological polar surface area (TPSA) is 36.9 Å². The number of unbranched alkanes of at least 4 members (excludes halogenated alkanes) is 2. The Labute approximate surface area is 186 Å². The first kappa shape index (κ1) is 25.8. The first-order valence-electron chi connectivity index (χ1n) is 11.8. The molecule has 0 saturated carbocycles. The zero-order valence-electron chi connectivity index (χ0n) is 20.9. The average Bonchev–Trinajstić information content (AvgIpc) is 3.18. The van der Waals surface area contributed by atoms with Crippen molar-refractivity contribution in [3.8, 4) is 0 Å². The first-order valence-corrected chi connectivity index (χ1v) is 14.7. The Hall–Kier alpha value is -0.463. The van der Waals surface area contributed by atoms with E-state index in [1.54, 1.807) is 7.11 Å². The Kier molecular flexibility index (Phi) is 8.97. The van der Waals surface area contributed by atoms with Gasteiger partial charge in [0.1, 0.15) is 0 Å². The second-order valence-corrected chi connectivity index (χ2v) is 15.7. The molecule has 1 aliphatic heterocycles. The lowest BCUT2D eigenvalue weighted by atomic mass is 9.91. The van der Waals surface area contributed by atoms with Crippen molar-refractivity contribution in [1.29, 1.82) is 0 Å². The standard InChI is InChI=1S/C25H46O4Si/c1-10-11-12-13-20(29-30(8,9)24(2,3)4)16-14-19-15-17-22-21(19)18-23(27-22)28-25(5,6)26-7/h14-17,19-23H,10-13,18H2,1-9H3/b16-14+/t19-,20?,21-,22+,23?/m1/s1. The van der Waals surface area contributed by atoms with E-state index in [2.05, 4.69) is 65.1 Å². The number of hydrogen-bond donors (Lipinski definition) is 0. The molecule has 4 nitrogen and oxygen atoms in total. The number of allylic oxidation sites excluding steroid dienone is 2. The van der Waals surface area contributed by atoms with Crippen LogP contribution in [0, 0.1) is 11.8 Å². The summed E-state index contributed by atoms with van der Waals surface area (Å²) in [5.41, 5.74) is 0. The lowest BCUT2D eigenvalue weighted by Gasteiger charge is -2.38. The molecule has 30 heavy (non-hydrogen) atoms. The molecular formula is C25H46O4Si. The molecule has 2 aliphatic rings. The second-order valence-electron chi connectivity index (χ2n) is 10.9. The van der Waals surface area contributed by atoms with E-state index in [1.807, 2.05) is 13.8 Å². The average molecular weight is 439 g/mol. The van der Waals surface area contributed by atoms with Gasteiger partial charge in [-0.25, -0.2) is 0 Å². The van der Waals surface area contributed by atoms with Crippen LogP contribution in [0.25, 0.3) is 0 Å². The van der Waals surface area contributed by atoms with Gasteiger partial charge in [0.2, 0.25) is 0 Å². The highest BCUT2D eigenvalue weighted by atomic mass is 28.4. The van der Waals surface area contributed by atoms with Gasteiger partial charge in [0.05, 0.1) is 12.2 Å². The van der Waals surface area contributed by atoms with E-state index in [0.29, 0.717) is 11.8 Å². The molecule has 1 fully saturated rings. The summed E-state index contributed by atoms with van der Waals surface area (Å²) in [7, 11) is -0.132. The summed E-state index contributed by atoms with van der Waals surface area (Å²) in [6, 6.07) is 0. The number of rotatable bonds is 11. The summed E-state index contributed by atoms with van der Waals surface area (Å²) in [5, 5.41) is 0.222. The quantitative estimate of drug-likeness (QED) is 0.153. The summed E-state index contributed by atoms with van der Waals surface area (Å²) in [6.07, 6.45) is 15.0. The van der Waals surface area contributed by atoms with Gasteiger partial charge in [0.15, 0.2) is 20.4 Å². The van der Waals surface area contributed by atoms with Crippen LogP contribution in [0.4, 0.5) is 0 Å². The largest absolute Gasteiger partial charge is 0.411 e. The van der Waals surface area contributed by atoms with Crippen molar-refractivity contribution in [3.05, 3.63) is 24.3 Å².